The number of pyridine rings is 1. The van der Waals surface area contributed by atoms with E-state index < -0.39 is 0 Å². The number of carbonyl (C=O) groups excluding carboxylic acids is 1. The molecule has 3 heterocycles. The first-order valence-electron chi connectivity index (χ1n) is 10.1. The lowest BCUT2D eigenvalue weighted by atomic mass is 10.0. The third kappa shape index (κ3) is 4.45. The van der Waals surface area contributed by atoms with Gasteiger partial charge >= 0.3 is 6.03 Å². The molecule has 0 bridgehead atoms. The zero-order valence-corrected chi connectivity index (χ0v) is 18.4. The number of urea groups is 1. The lowest BCUT2D eigenvalue weighted by molar-refractivity contribution is 0.183. The Balaban J connectivity index is 1.47. The van der Waals surface area contributed by atoms with E-state index >= 15 is 0 Å². The molecule has 1 fully saturated rings. The second-order valence-electron chi connectivity index (χ2n) is 8.00. The molecule has 0 saturated carbocycles. The molecule has 6 nitrogen and oxygen atoms in total. The van der Waals surface area contributed by atoms with Crippen LogP contribution < -0.4 is 5.32 Å². The maximum atomic E-state index is 12.7. The summed E-state index contributed by atoms with van der Waals surface area (Å²) >= 11 is 3.44. The predicted octanol–water partition coefficient (Wildman–Crippen LogP) is 5.26. The highest BCUT2D eigenvalue weighted by atomic mass is 79.9. The van der Waals surface area contributed by atoms with Crippen molar-refractivity contribution >= 4 is 38.8 Å². The second kappa shape index (κ2) is 8.53. The first kappa shape index (κ1) is 19.9. The molecule has 29 heavy (non-hydrogen) atoms. The van der Waals surface area contributed by atoms with Gasteiger partial charge in [0, 0.05) is 41.9 Å². The van der Waals surface area contributed by atoms with Crippen molar-refractivity contribution in [2.45, 2.75) is 39.2 Å². The van der Waals surface area contributed by atoms with E-state index in [2.05, 4.69) is 44.6 Å². The number of amides is 2. The van der Waals surface area contributed by atoms with Crippen molar-refractivity contribution < 1.29 is 4.79 Å². The van der Waals surface area contributed by atoms with Crippen LogP contribution in [0.3, 0.4) is 0 Å². The summed E-state index contributed by atoms with van der Waals surface area (Å²) < 4.78 is 3.27. The molecular weight excluding hydrogens is 430 g/mol. The Labute approximate surface area is 179 Å². The van der Waals surface area contributed by atoms with Gasteiger partial charge in [-0.05, 0) is 49.1 Å². The van der Waals surface area contributed by atoms with Gasteiger partial charge in [0.05, 0.1) is 0 Å². The summed E-state index contributed by atoms with van der Waals surface area (Å²) in [6, 6.07) is 11.9. The van der Waals surface area contributed by atoms with Crippen molar-refractivity contribution in [3.8, 4) is 0 Å². The standard InChI is InChI=1S/C22H26BrN5O/c1-15(2)13-20-26-19-7-4-10-24-21(19)28(20)18-8-11-27(12-9-18)22(29)25-17-6-3-5-16(23)14-17/h3-7,10,14-15,18H,8-9,11-13H2,1-2H3,(H,25,29). The Morgan fingerprint density at radius 2 is 2.03 bits per heavy atom. The lowest BCUT2D eigenvalue weighted by Crippen LogP contribution is -2.41. The van der Waals surface area contributed by atoms with Gasteiger partial charge in [-0.1, -0.05) is 35.8 Å². The van der Waals surface area contributed by atoms with Gasteiger partial charge in [-0.3, -0.25) is 0 Å². The summed E-state index contributed by atoms with van der Waals surface area (Å²) in [4.78, 5) is 24.0. The number of nitrogens with zero attached hydrogens (tertiary/aromatic N) is 4. The van der Waals surface area contributed by atoms with Crippen LogP contribution in [0, 0.1) is 5.92 Å². The molecule has 1 aliphatic heterocycles. The molecule has 0 unspecified atom stereocenters. The first-order valence-corrected chi connectivity index (χ1v) is 10.9. The number of aromatic nitrogens is 3. The van der Waals surface area contributed by atoms with Crippen LogP contribution >= 0.6 is 15.9 Å². The molecule has 0 spiro atoms. The van der Waals surface area contributed by atoms with Crippen molar-refractivity contribution in [2.75, 3.05) is 18.4 Å². The monoisotopic (exact) mass is 455 g/mol. The average Bonchev–Trinajstić information content (AvgIpc) is 3.05. The molecule has 0 aliphatic carbocycles. The van der Waals surface area contributed by atoms with Crippen LogP contribution in [0.4, 0.5) is 10.5 Å². The third-order valence-corrected chi connectivity index (χ3v) is 5.80. The van der Waals surface area contributed by atoms with Crippen LogP contribution in [0.1, 0.15) is 38.6 Å². The molecule has 152 valence electrons. The van der Waals surface area contributed by atoms with Gasteiger partial charge in [-0.25, -0.2) is 14.8 Å². The predicted molar refractivity (Wildman–Crippen MR) is 119 cm³/mol. The fourth-order valence-corrected chi connectivity index (χ4v) is 4.36. The number of anilines is 1. The van der Waals surface area contributed by atoms with E-state index in [1.807, 2.05) is 47.5 Å². The average molecular weight is 456 g/mol. The maximum Gasteiger partial charge on any atom is 0.321 e. The molecule has 0 radical (unpaired) electrons. The van der Waals surface area contributed by atoms with Crippen molar-refractivity contribution in [2.24, 2.45) is 5.92 Å². The van der Waals surface area contributed by atoms with Crippen LogP contribution in [-0.2, 0) is 6.42 Å². The smallest absolute Gasteiger partial charge is 0.321 e. The number of carbonyl (C=O) groups is 1. The van der Waals surface area contributed by atoms with Gasteiger partial charge in [0.15, 0.2) is 5.65 Å². The lowest BCUT2D eigenvalue weighted by Gasteiger charge is -2.33. The third-order valence-electron chi connectivity index (χ3n) is 5.31. The highest BCUT2D eigenvalue weighted by Gasteiger charge is 2.27. The molecule has 7 heteroatoms. The zero-order chi connectivity index (χ0) is 20.4. The summed E-state index contributed by atoms with van der Waals surface area (Å²) in [5.74, 6) is 1.63. The number of likely N-dealkylation sites (tertiary alicyclic amines) is 1. The number of hydrogen-bond acceptors (Lipinski definition) is 3. The van der Waals surface area contributed by atoms with Gasteiger partial charge in [0.25, 0.3) is 0 Å². The fraction of sp³-hybridized carbons (Fsp3) is 0.409. The van der Waals surface area contributed by atoms with Gasteiger partial charge < -0.3 is 14.8 Å². The van der Waals surface area contributed by atoms with E-state index in [1.54, 1.807) is 0 Å². The summed E-state index contributed by atoms with van der Waals surface area (Å²) in [6.45, 7) is 5.87. The Bertz CT molecular complexity index is 1010. The number of benzene rings is 1. The normalized spacial score (nSPS) is 15.2. The molecule has 2 amide bonds. The minimum absolute atomic E-state index is 0.0439. The Morgan fingerprint density at radius 1 is 1.24 bits per heavy atom. The number of piperidine rings is 1. The minimum atomic E-state index is -0.0439. The number of halogens is 1. The van der Waals surface area contributed by atoms with E-state index in [0.717, 1.165) is 59.5 Å². The number of rotatable bonds is 4. The molecule has 1 aliphatic rings. The van der Waals surface area contributed by atoms with Gasteiger partial charge in [-0.15, -0.1) is 0 Å². The van der Waals surface area contributed by atoms with E-state index in [-0.39, 0.29) is 6.03 Å². The van der Waals surface area contributed by atoms with Crippen LogP contribution in [0.2, 0.25) is 0 Å². The topological polar surface area (TPSA) is 63.1 Å². The zero-order valence-electron chi connectivity index (χ0n) is 16.8. The van der Waals surface area contributed by atoms with E-state index in [1.165, 1.54) is 0 Å². The number of nitrogens with one attached hydrogen (secondary N) is 1. The Morgan fingerprint density at radius 3 is 2.76 bits per heavy atom. The van der Waals surface area contributed by atoms with Crippen LogP contribution in [0.5, 0.6) is 0 Å². The SMILES string of the molecule is CC(C)Cc1nc2cccnc2n1C1CCN(C(=O)Nc2cccc(Br)c2)CC1. The molecule has 1 saturated heterocycles. The van der Waals surface area contributed by atoms with Crippen LogP contribution in [0.25, 0.3) is 11.2 Å². The molecule has 1 aromatic carbocycles. The van der Waals surface area contributed by atoms with Crippen molar-refractivity contribution in [1.29, 1.82) is 0 Å². The number of imidazole rings is 1. The van der Waals surface area contributed by atoms with Crippen molar-refractivity contribution in [3.05, 3.63) is 52.9 Å². The van der Waals surface area contributed by atoms with Gasteiger partial charge in [0.2, 0.25) is 0 Å². The molecule has 0 atom stereocenters. The van der Waals surface area contributed by atoms with E-state index in [0.29, 0.717) is 12.0 Å². The minimum Gasteiger partial charge on any atom is -0.324 e. The molecule has 4 rings (SSSR count). The van der Waals surface area contributed by atoms with Crippen LogP contribution in [-0.4, -0.2) is 38.6 Å². The summed E-state index contributed by atoms with van der Waals surface area (Å²) in [5, 5.41) is 2.99. The molecule has 3 aromatic rings. The second-order valence-corrected chi connectivity index (χ2v) is 8.92. The largest absolute Gasteiger partial charge is 0.324 e. The van der Waals surface area contributed by atoms with Crippen molar-refractivity contribution in [3.63, 3.8) is 0 Å². The quantitative estimate of drug-likeness (QED) is 0.583. The van der Waals surface area contributed by atoms with Gasteiger partial charge in [-0.2, -0.15) is 0 Å². The Kier molecular flexibility index (Phi) is 5.85. The van der Waals surface area contributed by atoms with Crippen LogP contribution in [0.15, 0.2) is 47.1 Å². The van der Waals surface area contributed by atoms with Gasteiger partial charge in [0.1, 0.15) is 11.3 Å². The summed E-state index contributed by atoms with van der Waals surface area (Å²) in [5.41, 5.74) is 2.72. The van der Waals surface area contributed by atoms with E-state index in [9.17, 15) is 4.79 Å². The van der Waals surface area contributed by atoms with Crippen molar-refractivity contribution in [1.82, 2.24) is 19.4 Å². The van der Waals surface area contributed by atoms with E-state index in [4.69, 9.17) is 4.98 Å². The molecule has 2 aromatic heterocycles. The number of fused-ring (bicyclic) bond motifs is 1. The highest BCUT2D eigenvalue weighted by Crippen LogP contribution is 2.29. The number of hydrogen-bond donors (Lipinski definition) is 1. The fourth-order valence-electron chi connectivity index (χ4n) is 3.97. The summed E-state index contributed by atoms with van der Waals surface area (Å²) in [7, 11) is 0. The first-order chi connectivity index (χ1) is 14.0. The Hall–Kier alpha value is -2.41. The molecule has 1 N–H and O–H groups in total. The highest BCUT2D eigenvalue weighted by molar-refractivity contribution is 9.10. The summed E-state index contributed by atoms with van der Waals surface area (Å²) in [6.07, 6.45) is 4.57. The maximum absolute atomic E-state index is 12.7. The molecular formula is C22H26BrN5O.